The van der Waals surface area contributed by atoms with Gasteiger partial charge in [0, 0.05) is 16.1 Å². The number of hydrogen-bond donors (Lipinski definition) is 1. The van der Waals surface area contributed by atoms with Gasteiger partial charge < -0.3 is 5.73 Å². The first kappa shape index (κ1) is 10.7. The summed E-state index contributed by atoms with van der Waals surface area (Å²) >= 11 is 3.32. The van der Waals surface area contributed by atoms with Crippen molar-refractivity contribution < 1.29 is 4.39 Å². The van der Waals surface area contributed by atoms with Gasteiger partial charge in [0.15, 0.2) is 0 Å². The molecule has 0 bridgehead atoms. The van der Waals surface area contributed by atoms with E-state index in [0.717, 1.165) is 16.5 Å². The summed E-state index contributed by atoms with van der Waals surface area (Å²) in [5.41, 5.74) is 6.32. The lowest BCUT2D eigenvalue weighted by Crippen LogP contribution is -2.15. The van der Waals surface area contributed by atoms with Gasteiger partial charge in [0.2, 0.25) is 0 Å². The Morgan fingerprint density at radius 1 is 1.54 bits per heavy atom. The molecule has 0 aliphatic rings. The predicted molar refractivity (Wildman–Crippen MR) is 56.1 cm³/mol. The van der Waals surface area contributed by atoms with Crippen molar-refractivity contribution in [2.45, 2.75) is 25.8 Å². The van der Waals surface area contributed by atoms with E-state index in [1.54, 1.807) is 6.07 Å². The summed E-state index contributed by atoms with van der Waals surface area (Å²) in [4.78, 5) is 0. The Hall–Kier alpha value is -0.410. The van der Waals surface area contributed by atoms with Crippen LogP contribution in [0.3, 0.4) is 0 Å². The Labute approximate surface area is 86.3 Å². The summed E-state index contributed by atoms with van der Waals surface area (Å²) in [6.45, 7) is 1.93. The van der Waals surface area contributed by atoms with Crippen LogP contribution in [0.1, 0.15) is 18.9 Å². The fourth-order valence-corrected chi connectivity index (χ4v) is 1.68. The SMILES string of the molecule is C[C@@H](N)CCc1c(F)cccc1Br. The van der Waals surface area contributed by atoms with Crippen LogP contribution >= 0.6 is 15.9 Å². The monoisotopic (exact) mass is 245 g/mol. The first-order valence-electron chi connectivity index (χ1n) is 4.29. The molecule has 0 radical (unpaired) electrons. The minimum atomic E-state index is -0.157. The Balaban J connectivity index is 2.75. The minimum absolute atomic E-state index is 0.117. The maximum absolute atomic E-state index is 13.2. The van der Waals surface area contributed by atoms with Crippen LogP contribution in [0.15, 0.2) is 22.7 Å². The molecule has 1 aromatic carbocycles. The molecule has 1 rings (SSSR count). The lowest BCUT2D eigenvalue weighted by Gasteiger charge is -2.07. The average molecular weight is 246 g/mol. The second kappa shape index (κ2) is 4.72. The van der Waals surface area contributed by atoms with E-state index in [9.17, 15) is 4.39 Å². The topological polar surface area (TPSA) is 26.0 Å². The van der Waals surface area contributed by atoms with E-state index in [1.165, 1.54) is 6.07 Å². The maximum Gasteiger partial charge on any atom is 0.127 e. The number of benzene rings is 1. The fraction of sp³-hybridized carbons (Fsp3) is 0.400. The number of rotatable bonds is 3. The van der Waals surface area contributed by atoms with E-state index in [0.29, 0.717) is 6.42 Å². The Bertz CT molecular complexity index is 266. The first-order valence-corrected chi connectivity index (χ1v) is 5.09. The van der Waals surface area contributed by atoms with Gasteiger partial charge in [-0.1, -0.05) is 22.0 Å². The van der Waals surface area contributed by atoms with Crippen LogP contribution in [0, 0.1) is 5.82 Å². The molecule has 0 aliphatic heterocycles. The molecule has 1 aromatic rings. The molecule has 0 spiro atoms. The van der Waals surface area contributed by atoms with Crippen LogP contribution in [0.5, 0.6) is 0 Å². The second-order valence-electron chi connectivity index (χ2n) is 3.22. The number of hydrogen-bond acceptors (Lipinski definition) is 1. The molecular weight excluding hydrogens is 233 g/mol. The van der Waals surface area contributed by atoms with Gasteiger partial charge in [0.05, 0.1) is 0 Å². The Morgan fingerprint density at radius 3 is 2.77 bits per heavy atom. The molecule has 0 saturated carbocycles. The molecule has 0 saturated heterocycles. The van der Waals surface area contributed by atoms with Gasteiger partial charge in [0.1, 0.15) is 5.82 Å². The fourth-order valence-electron chi connectivity index (χ4n) is 1.14. The quantitative estimate of drug-likeness (QED) is 0.871. The highest BCUT2D eigenvalue weighted by molar-refractivity contribution is 9.10. The molecule has 13 heavy (non-hydrogen) atoms. The molecule has 1 atom stereocenters. The first-order chi connectivity index (χ1) is 6.11. The second-order valence-corrected chi connectivity index (χ2v) is 4.07. The zero-order valence-electron chi connectivity index (χ0n) is 7.56. The Morgan fingerprint density at radius 2 is 2.23 bits per heavy atom. The van der Waals surface area contributed by atoms with Gasteiger partial charge in [0.25, 0.3) is 0 Å². The minimum Gasteiger partial charge on any atom is -0.328 e. The van der Waals surface area contributed by atoms with Crippen LogP contribution < -0.4 is 5.73 Å². The van der Waals surface area contributed by atoms with Crippen molar-refractivity contribution in [3.05, 3.63) is 34.1 Å². The van der Waals surface area contributed by atoms with Crippen molar-refractivity contribution in [3.8, 4) is 0 Å². The standard InChI is InChI=1S/C10H13BrFN/c1-7(13)5-6-8-9(11)3-2-4-10(8)12/h2-4,7H,5-6,13H2,1H3/t7-/m1/s1. The molecule has 3 heteroatoms. The average Bonchev–Trinajstić information content (AvgIpc) is 2.03. The molecule has 0 amide bonds. The summed E-state index contributed by atoms with van der Waals surface area (Å²) < 4.78 is 14.1. The largest absolute Gasteiger partial charge is 0.328 e. The lowest BCUT2D eigenvalue weighted by molar-refractivity contribution is 0.589. The molecule has 1 nitrogen and oxygen atoms in total. The highest BCUT2D eigenvalue weighted by Gasteiger charge is 2.06. The van der Waals surface area contributed by atoms with Gasteiger partial charge in [-0.2, -0.15) is 0 Å². The van der Waals surface area contributed by atoms with E-state index in [-0.39, 0.29) is 11.9 Å². The van der Waals surface area contributed by atoms with Gasteiger partial charge in [-0.3, -0.25) is 0 Å². The summed E-state index contributed by atoms with van der Waals surface area (Å²) in [5.74, 6) is -0.157. The van der Waals surface area contributed by atoms with Crippen molar-refractivity contribution >= 4 is 15.9 Å². The smallest absolute Gasteiger partial charge is 0.127 e. The maximum atomic E-state index is 13.2. The van der Waals surface area contributed by atoms with Crippen LogP contribution in [0.2, 0.25) is 0 Å². The third-order valence-corrected chi connectivity index (χ3v) is 2.65. The molecule has 2 N–H and O–H groups in total. The molecule has 72 valence electrons. The van der Waals surface area contributed by atoms with Gasteiger partial charge in [-0.05, 0) is 31.9 Å². The summed E-state index contributed by atoms with van der Waals surface area (Å²) in [5, 5.41) is 0. The van der Waals surface area contributed by atoms with Crippen LogP contribution in [-0.2, 0) is 6.42 Å². The van der Waals surface area contributed by atoms with Crippen LogP contribution in [0.4, 0.5) is 4.39 Å². The van der Waals surface area contributed by atoms with Crippen molar-refractivity contribution in [2.75, 3.05) is 0 Å². The van der Waals surface area contributed by atoms with Crippen LogP contribution in [0.25, 0.3) is 0 Å². The molecule has 0 unspecified atom stereocenters. The van der Waals surface area contributed by atoms with Crippen molar-refractivity contribution in [3.63, 3.8) is 0 Å². The third-order valence-electron chi connectivity index (χ3n) is 1.91. The zero-order valence-corrected chi connectivity index (χ0v) is 9.14. The van der Waals surface area contributed by atoms with Crippen molar-refractivity contribution in [2.24, 2.45) is 5.73 Å². The van der Waals surface area contributed by atoms with Crippen molar-refractivity contribution in [1.29, 1.82) is 0 Å². The molecule has 0 heterocycles. The molecule has 0 fully saturated rings. The van der Waals surface area contributed by atoms with Gasteiger partial charge in [-0.25, -0.2) is 4.39 Å². The van der Waals surface area contributed by atoms with Gasteiger partial charge >= 0.3 is 0 Å². The highest BCUT2D eigenvalue weighted by atomic mass is 79.9. The summed E-state index contributed by atoms with van der Waals surface area (Å²) in [7, 11) is 0. The normalized spacial score (nSPS) is 12.9. The third kappa shape index (κ3) is 3.08. The van der Waals surface area contributed by atoms with E-state index >= 15 is 0 Å². The van der Waals surface area contributed by atoms with E-state index in [2.05, 4.69) is 15.9 Å². The van der Waals surface area contributed by atoms with E-state index < -0.39 is 0 Å². The highest BCUT2D eigenvalue weighted by Crippen LogP contribution is 2.21. The number of halogens is 2. The number of nitrogens with two attached hydrogens (primary N) is 1. The molecule has 0 aliphatic carbocycles. The van der Waals surface area contributed by atoms with Crippen molar-refractivity contribution in [1.82, 2.24) is 0 Å². The predicted octanol–water partition coefficient (Wildman–Crippen LogP) is 2.87. The summed E-state index contributed by atoms with van der Waals surface area (Å²) in [6.07, 6.45) is 1.49. The lowest BCUT2D eigenvalue weighted by atomic mass is 10.1. The Kier molecular flexibility index (Phi) is 3.88. The summed E-state index contributed by atoms with van der Waals surface area (Å²) in [6, 6.07) is 5.13. The van der Waals surface area contributed by atoms with E-state index in [1.807, 2.05) is 13.0 Å². The molecule has 0 aromatic heterocycles. The molecular formula is C10H13BrFN. The van der Waals surface area contributed by atoms with Crippen LogP contribution in [-0.4, -0.2) is 6.04 Å². The van der Waals surface area contributed by atoms with E-state index in [4.69, 9.17) is 5.73 Å². The van der Waals surface area contributed by atoms with Gasteiger partial charge in [-0.15, -0.1) is 0 Å². The zero-order chi connectivity index (χ0) is 9.84.